The zero-order chi connectivity index (χ0) is 30.2. The Bertz CT molecular complexity index is 1480. The highest BCUT2D eigenvalue weighted by Crippen LogP contribution is 2.29. The van der Waals surface area contributed by atoms with Crippen LogP contribution in [0.1, 0.15) is 42.7 Å². The highest BCUT2D eigenvalue weighted by Gasteiger charge is 2.29. The molecule has 2 aromatic carbocycles. The molecule has 2 aliphatic heterocycles. The quantitative estimate of drug-likeness (QED) is 0.284. The molecule has 3 N–H and O–H groups in total. The van der Waals surface area contributed by atoms with Crippen molar-refractivity contribution in [3.63, 3.8) is 0 Å². The molecule has 0 saturated carbocycles. The van der Waals surface area contributed by atoms with E-state index in [0.29, 0.717) is 37.5 Å². The maximum absolute atomic E-state index is 13.2. The number of carbonyl (C=O) groups excluding carboxylic acids is 2. The standard InChI is InChI=1S/C33H39N7O3.H2/c1-3-43-33(42)40-20-15-25(16-21-40)29-10-7-18-35-30(29)37-32(34)36-27-13-11-26(12-14-27)31(41)38(2)28-17-19-39(23-28)22-24-8-5-4-6-9-24;/h4-15,18,28H,3,16-17,19-23H2,1-2H3,(H3,34,35,36,37);1H. The van der Waals surface area contributed by atoms with E-state index in [-0.39, 0.29) is 25.4 Å². The van der Waals surface area contributed by atoms with E-state index in [0.717, 1.165) is 42.9 Å². The first-order chi connectivity index (χ1) is 20.9. The summed E-state index contributed by atoms with van der Waals surface area (Å²) in [5.74, 6) is 0.681. The van der Waals surface area contributed by atoms with E-state index < -0.39 is 0 Å². The summed E-state index contributed by atoms with van der Waals surface area (Å²) >= 11 is 0. The van der Waals surface area contributed by atoms with Crippen molar-refractivity contribution < 1.29 is 15.8 Å². The van der Waals surface area contributed by atoms with E-state index in [1.54, 1.807) is 30.2 Å². The topological polar surface area (TPSA) is 116 Å². The number of amides is 2. The van der Waals surface area contributed by atoms with Crippen molar-refractivity contribution in [3.05, 3.63) is 95.7 Å². The van der Waals surface area contributed by atoms with Crippen LogP contribution < -0.4 is 11.1 Å². The molecule has 1 saturated heterocycles. The number of carbonyl (C=O) groups is 2. The lowest BCUT2D eigenvalue weighted by Crippen LogP contribution is -2.38. The molecular formula is C33H41N7O3. The number of aromatic nitrogens is 1. The highest BCUT2D eigenvalue weighted by atomic mass is 16.6. The van der Waals surface area contributed by atoms with E-state index in [9.17, 15) is 9.59 Å². The number of nitrogens with zero attached hydrogens (tertiary/aromatic N) is 5. The third-order valence-electron chi connectivity index (χ3n) is 7.86. The fourth-order valence-corrected chi connectivity index (χ4v) is 5.50. The second-order valence-electron chi connectivity index (χ2n) is 10.8. The second-order valence-corrected chi connectivity index (χ2v) is 10.8. The molecule has 2 amide bonds. The van der Waals surface area contributed by atoms with Gasteiger partial charge in [0, 0.05) is 70.3 Å². The van der Waals surface area contributed by atoms with Crippen LogP contribution in [0, 0.1) is 0 Å². The number of likely N-dealkylation sites (tertiary alicyclic amines) is 1. The van der Waals surface area contributed by atoms with E-state index in [4.69, 9.17) is 10.5 Å². The van der Waals surface area contributed by atoms with Gasteiger partial charge in [0.15, 0.2) is 11.8 Å². The Labute approximate surface area is 254 Å². The molecule has 226 valence electrons. The predicted molar refractivity (Wildman–Crippen MR) is 171 cm³/mol. The summed E-state index contributed by atoms with van der Waals surface area (Å²) in [6, 6.07) is 21.7. The number of pyridine rings is 1. The lowest BCUT2D eigenvalue weighted by molar-refractivity contribution is 0.0734. The third-order valence-corrected chi connectivity index (χ3v) is 7.86. The number of hydrogen-bond acceptors (Lipinski definition) is 6. The monoisotopic (exact) mass is 583 g/mol. The highest BCUT2D eigenvalue weighted by molar-refractivity contribution is 5.97. The maximum atomic E-state index is 13.2. The Kier molecular flexibility index (Phi) is 9.68. The zero-order valence-corrected chi connectivity index (χ0v) is 24.8. The number of rotatable bonds is 8. The number of anilines is 1. The molecule has 1 unspecified atom stereocenters. The van der Waals surface area contributed by atoms with Gasteiger partial charge < -0.3 is 25.6 Å². The van der Waals surface area contributed by atoms with Crippen LogP contribution in [0.2, 0.25) is 0 Å². The summed E-state index contributed by atoms with van der Waals surface area (Å²) in [4.78, 5) is 40.2. The Hall–Kier alpha value is -4.70. The smallest absolute Gasteiger partial charge is 0.410 e. The first kappa shape index (κ1) is 29.8. The van der Waals surface area contributed by atoms with Gasteiger partial charge in [0.25, 0.3) is 5.91 Å². The van der Waals surface area contributed by atoms with Crippen LogP contribution in [0.3, 0.4) is 0 Å². The van der Waals surface area contributed by atoms with E-state index in [2.05, 4.69) is 44.5 Å². The van der Waals surface area contributed by atoms with E-state index >= 15 is 0 Å². The zero-order valence-electron chi connectivity index (χ0n) is 24.8. The van der Waals surface area contributed by atoms with E-state index in [1.165, 1.54) is 5.56 Å². The molecule has 3 heterocycles. The van der Waals surface area contributed by atoms with Gasteiger partial charge in [-0.25, -0.2) is 9.78 Å². The van der Waals surface area contributed by atoms with Crippen LogP contribution in [-0.4, -0.2) is 83.5 Å². The van der Waals surface area contributed by atoms with Crippen molar-refractivity contribution in [2.24, 2.45) is 10.7 Å². The molecule has 1 aromatic heterocycles. The normalized spacial score (nSPS) is 17.3. The molecule has 43 heavy (non-hydrogen) atoms. The summed E-state index contributed by atoms with van der Waals surface area (Å²) in [7, 11) is 1.89. The van der Waals surface area contributed by atoms with Crippen molar-refractivity contribution in [3.8, 4) is 0 Å². The summed E-state index contributed by atoms with van der Waals surface area (Å²) < 4.78 is 5.11. The minimum Gasteiger partial charge on any atom is -0.450 e. The average Bonchev–Trinajstić information content (AvgIpc) is 3.50. The molecule has 2 aliphatic rings. The predicted octanol–water partition coefficient (Wildman–Crippen LogP) is 4.98. The first-order valence-corrected chi connectivity index (χ1v) is 14.7. The summed E-state index contributed by atoms with van der Waals surface area (Å²) in [5.41, 5.74) is 10.8. The molecular weight excluding hydrogens is 542 g/mol. The van der Waals surface area contributed by atoms with Crippen LogP contribution in [0.5, 0.6) is 0 Å². The van der Waals surface area contributed by atoms with Crippen molar-refractivity contribution in [1.82, 2.24) is 19.7 Å². The van der Waals surface area contributed by atoms with Crippen LogP contribution >= 0.6 is 0 Å². The fourth-order valence-electron chi connectivity index (χ4n) is 5.50. The second kappa shape index (κ2) is 14.0. The van der Waals surface area contributed by atoms with Gasteiger partial charge in [-0.1, -0.05) is 36.4 Å². The van der Waals surface area contributed by atoms with Gasteiger partial charge in [-0.2, -0.15) is 4.99 Å². The number of nitrogens with one attached hydrogen (secondary N) is 1. The van der Waals surface area contributed by atoms with Crippen LogP contribution in [0.25, 0.3) is 5.57 Å². The van der Waals surface area contributed by atoms with Gasteiger partial charge in [-0.3, -0.25) is 9.69 Å². The van der Waals surface area contributed by atoms with Crippen molar-refractivity contribution in [2.45, 2.75) is 32.4 Å². The number of aliphatic imine (C=N–C) groups is 1. The average molecular weight is 584 g/mol. The first-order valence-electron chi connectivity index (χ1n) is 14.7. The van der Waals surface area contributed by atoms with Gasteiger partial charge in [-0.15, -0.1) is 0 Å². The van der Waals surface area contributed by atoms with Crippen LogP contribution in [0.15, 0.2) is 84.0 Å². The lowest BCUT2D eigenvalue weighted by atomic mass is 10.0. The Morgan fingerprint density at radius 2 is 1.91 bits per heavy atom. The van der Waals surface area contributed by atoms with E-state index in [1.807, 2.05) is 48.4 Å². The summed E-state index contributed by atoms with van der Waals surface area (Å²) in [5, 5.41) is 3.10. The van der Waals surface area contributed by atoms with Crippen molar-refractivity contribution >= 4 is 35.0 Å². The molecule has 3 aromatic rings. The largest absolute Gasteiger partial charge is 0.450 e. The molecule has 1 atom stereocenters. The summed E-state index contributed by atoms with van der Waals surface area (Å²) in [6.07, 6.45) is 4.98. The number of likely N-dealkylation sites (N-methyl/N-ethyl adjacent to an activating group) is 1. The molecule has 10 heteroatoms. The number of hydrogen-bond donors (Lipinski definition) is 2. The fraction of sp³-hybridized carbons (Fsp3) is 0.333. The number of benzene rings is 2. The van der Waals surface area contributed by atoms with Crippen LogP contribution in [-0.2, 0) is 11.3 Å². The minimum absolute atomic E-state index is 0. The maximum Gasteiger partial charge on any atom is 0.410 e. The van der Waals surface area contributed by atoms with Crippen molar-refractivity contribution in [1.29, 1.82) is 0 Å². The Morgan fingerprint density at radius 1 is 1.12 bits per heavy atom. The molecule has 1 fully saturated rings. The van der Waals surface area contributed by atoms with Gasteiger partial charge >= 0.3 is 6.09 Å². The SMILES string of the molecule is CCOC(=O)N1CC=C(c2cccnc2/N=C(\N)Nc2ccc(C(=O)N(C)C3CCN(Cc4ccccc4)C3)cc2)CC1.[HH]. The van der Waals surface area contributed by atoms with Crippen molar-refractivity contribution in [2.75, 3.05) is 45.2 Å². The summed E-state index contributed by atoms with van der Waals surface area (Å²) in [6.45, 7) is 5.90. The van der Waals surface area contributed by atoms with Gasteiger partial charge in [0.05, 0.1) is 6.61 Å². The number of nitrogens with two attached hydrogens (primary N) is 1. The van der Waals surface area contributed by atoms with Gasteiger partial charge in [0.2, 0.25) is 0 Å². The number of ether oxygens (including phenoxy) is 1. The third kappa shape index (κ3) is 7.58. The molecule has 5 rings (SSSR count). The molecule has 10 nitrogen and oxygen atoms in total. The minimum atomic E-state index is -0.306. The molecule has 0 spiro atoms. The Balaban J connectivity index is 0.00000442. The molecule has 0 bridgehead atoms. The lowest BCUT2D eigenvalue weighted by Gasteiger charge is -2.26. The van der Waals surface area contributed by atoms with Gasteiger partial charge in [0.1, 0.15) is 0 Å². The Morgan fingerprint density at radius 3 is 2.63 bits per heavy atom. The van der Waals surface area contributed by atoms with Gasteiger partial charge in [-0.05, 0) is 67.3 Å². The molecule has 0 radical (unpaired) electrons. The molecule has 0 aliphatic carbocycles. The van der Waals surface area contributed by atoms with Crippen LogP contribution in [0.4, 0.5) is 16.3 Å². The number of guanidine groups is 1.